The van der Waals surface area contributed by atoms with Gasteiger partial charge in [0.2, 0.25) is 0 Å². The van der Waals surface area contributed by atoms with Crippen LogP contribution in [0.15, 0.2) is 0 Å². The zero-order valence-corrected chi connectivity index (χ0v) is 8.50. The van der Waals surface area contributed by atoms with E-state index in [2.05, 4.69) is 4.74 Å². The Kier molecular flexibility index (Phi) is 4.75. The van der Waals surface area contributed by atoms with Gasteiger partial charge in [-0.15, -0.1) is 0 Å². The van der Waals surface area contributed by atoms with Crippen molar-refractivity contribution < 1.29 is 41.2 Å². The highest BCUT2D eigenvalue weighted by atomic mass is 32.2. The molecule has 0 spiro atoms. The van der Waals surface area contributed by atoms with Gasteiger partial charge in [0.15, 0.2) is 16.7 Å². The van der Waals surface area contributed by atoms with Crippen LogP contribution in [-0.4, -0.2) is 41.9 Å². The van der Waals surface area contributed by atoms with Crippen molar-refractivity contribution in [1.29, 1.82) is 0 Å². The molecule has 0 bridgehead atoms. The monoisotopic (exact) mass is 261 g/mol. The largest absolute Gasteiger partial charge is 0.743 e. The Morgan fingerprint density at radius 2 is 1.81 bits per heavy atom. The van der Waals surface area contributed by atoms with Gasteiger partial charge in [-0.25, -0.2) is 8.42 Å². The molecule has 1 N–H and O–H groups in total. The summed E-state index contributed by atoms with van der Waals surface area (Å²) < 4.78 is 58.4. The van der Waals surface area contributed by atoms with Crippen molar-refractivity contribution in [3.63, 3.8) is 0 Å². The molecule has 0 aromatic carbocycles. The number of carbonyl (C=O) groups is 2. The number of rotatable bonds is 6. The summed E-state index contributed by atoms with van der Waals surface area (Å²) in [5, 5.41) is 3.40. The van der Waals surface area contributed by atoms with E-state index < -0.39 is 46.8 Å². The first-order chi connectivity index (χ1) is 7.06. The molecule has 0 aliphatic rings. The van der Waals surface area contributed by atoms with Gasteiger partial charge >= 0.3 is 17.2 Å². The van der Waals surface area contributed by atoms with Gasteiger partial charge in [-0.05, 0) is 0 Å². The summed E-state index contributed by atoms with van der Waals surface area (Å²) in [6, 6.07) is 0. The molecular formula is C6H7F2O7S-. The summed E-state index contributed by atoms with van der Waals surface area (Å²) in [5.74, 6) is -2.68. The van der Waals surface area contributed by atoms with E-state index in [1.807, 2.05) is 0 Å². The van der Waals surface area contributed by atoms with Gasteiger partial charge in [0.25, 0.3) is 0 Å². The van der Waals surface area contributed by atoms with E-state index in [0.717, 1.165) is 0 Å². The van der Waals surface area contributed by atoms with Gasteiger partial charge in [-0.3, -0.25) is 9.59 Å². The lowest BCUT2D eigenvalue weighted by atomic mass is 10.3. The maximum Gasteiger partial charge on any atom is 0.367 e. The van der Waals surface area contributed by atoms with Crippen molar-refractivity contribution in [3.8, 4) is 0 Å². The molecule has 0 heterocycles. The zero-order chi connectivity index (χ0) is 13.0. The van der Waals surface area contributed by atoms with Crippen LogP contribution in [0.5, 0.6) is 0 Å². The molecule has 0 aromatic heterocycles. The second kappa shape index (κ2) is 5.16. The molecule has 0 radical (unpaired) electrons. The van der Waals surface area contributed by atoms with Crippen molar-refractivity contribution in [3.05, 3.63) is 0 Å². The fourth-order valence-electron chi connectivity index (χ4n) is 0.518. The number of carboxylic acids is 1. The highest BCUT2D eigenvalue weighted by molar-refractivity contribution is 7.86. The number of aliphatic carboxylic acids is 1. The topological polar surface area (TPSA) is 121 Å². The van der Waals surface area contributed by atoms with Gasteiger partial charge in [0, 0.05) is 0 Å². The molecule has 16 heavy (non-hydrogen) atoms. The van der Waals surface area contributed by atoms with Gasteiger partial charge in [-0.2, -0.15) is 8.78 Å². The summed E-state index contributed by atoms with van der Waals surface area (Å²) in [5.41, 5.74) is 0. The van der Waals surface area contributed by atoms with E-state index in [-0.39, 0.29) is 0 Å². The Hall–Kier alpha value is -1.29. The molecule has 0 amide bonds. The van der Waals surface area contributed by atoms with Crippen LogP contribution in [0.25, 0.3) is 0 Å². The molecule has 0 rings (SSSR count). The van der Waals surface area contributed by atoms with E-state index in [1.165, 1.54) is 0 Å². The van der Waals surface area contributed by atoms with Crippen LogP contribution in [-0.2, 0) is 24.4 Å². The second-order valence-electron chi connectivity index (χ2n) is 2.65. The average Bonchev–Trinajstić information content (AvgIpc) is 2.09. The third-order valence-electron chi connectivity index (χ3n) is 1.31. The molecule has 0 saturated heterocycles. The predicted molar refractivity (Wildman–Crippen MR) is 42.5 cm³/mol. The van der Waals surface area contributed by atoms with Crippen LogP contribution in [0.4, 0.5) is 8.78 Å². The summed E-state index contributed by atoms with van der Waals surface area (Å²) in [6.07, 6.45) is -1.33. The minimum atomic E-state index is -5.91. The minimum Gasteiger partial charge on any atom is -0.743 e. The Morgan fingerprint density at radius 3 is 2.19 bits per heavy atom. The minimum absolute atomic E-state index is 0.644. The van der Waals surface area contributed by atoms with Gasteiger partial charge in [0.05, 0.1) is 12.8 Å². The number of alkyl halides is 2. The van der Waals surface area contributed by atoms with Crippen LogP contribution in [0.3, 0.4) is 0 Å². The quantitative estimate of drug-likeness (QED) is 0.506. The summed E-state index contributed by atoms with van der Waals surface area (Å²) in [4.78, 5) is 20.6. The molecule has 0 aromatic rings. The number of esters is 1. The number of halogens is 2. The lowest BCUT2D eigenvalue weighted by Crippen LogP contribution is -2.34. The Balaban J connectivity index is 4.16. The number of ether oxygens (including phenoxy) is 1. The molecule has 0 unspecified atom stereocenters. The van der Waals surface area contributed by atoms with Crippen molar-refractivity contribution in [2.75, 3.05) is 6.61 Å². The highest BCUT2D eigenvalue weighted by Crippen LogP contribution is 2.20. The fourth-order valence-corrected chi connectivity index (χ4v) is 0.721. The number of carbonyl (C=O) groups excluding carboxylic acids is 1. The van der Waals surface area contributed by atoms with Crippen molar-refractivity contribution in [2.45, 2.75) is 18.1 Å². The standard InChI is InChI=1S/C6H8F2O7S/c7-6(8,16(12,13)14)3-15-5(11)2-1-4(9)10/h1-3H2,(H,9,10)(H,12,13,14)/p-1. The van der Waals surface area contributed by atoms with E-state index in [1.54, 1.807) is 0 Å². The maximum absolute atomic E-state index is 12.4. The average molecular weight is 261 g/mol. The van der Waals surface area contributed by atoms with E-state index in [0.29, 0.717) is 0 Å². The SMILES string of the molecule is O=C(O)CCC(=O)OCC(F)(F)S(=O)(=O)[O-]. The molecule has 10 heteroatoms. The van der Waals surface area contributed by atoms with Crippen molar-refractivity contribution >= 4 is 22.1 Å². The van der Waals surface area contributed by atoms with Crippen molar-refractivity contribution in [2.24, 2.45) is 0 Å². The first-order valence-electron chi connectivity index (χ1n) is 3.77. The summed E-state index contributed by atoms with van der Waals surface area (Å²) in [6.45, 7) is -1.92. The molecule has 0 atom stereocenters. The molecule has 7 nitrogen and oxygen atoms in total. The summed E-state index contributed by atoms with van der Waals surface area (Å²) in [7, 11) is -5.91. The smallest absolute Gasteiger partial charge is 0.367 e. The molecule has 0 saturated carbocycles. The Labute approximate surface area is 88.8 Å². The molecular weight excluding hydrogens is 254 g/mol. The Bertz CT molecular complexity index is 374. The normalized spacial score (nSPS) is 12.2. The summed E-state index contributed by atoms with van der Waals surface area (Å²) >= 11 is 0. The van der Waals surface area contributed by atoms with E-state index >= 15 is 0 Å². The number of carboxylic acid groups (broad SMARTS) is 1. The molecule has 0 fully saturated rings. The third-order valence-corrected chi connectivity index (χ3v) is 2.16. The number of hydrogen-bond acceptors (Lipinski definition) is 6. The highest BCUT2D eigenvalue weighted by Gasteiger charge is 2.39. The van der Waals surface area contributed by atoms with E-state index in [9.17, 15) is 31.3 Å². The van der Waals surface area contributed by atoms with Crippen LogP contribution in [0.1, 0.15) is 12.8 Å². The first kappa shape index (κ1) is 14.7. The number of hydrogen-bond donors (Lipinski definition) is 1. The Morgan fingerprint density at radius 1 is 1.31 bits per heavy atom. The lowest BCUT2D eigenvalue weighted by molar-refractivity contribution is -0.152. The molecule has 0 aliphatic heterocycles. The van der Waals surface area contributed by atoms with Crippen molar-refractivity contribution in [1.82, 2.24) is 0 Å². The van der Waals surface area contributed by atoms with Gasteiger partial charge in [-0.1, -0.05) is 0 Å². The van der Waals surface area contributed by atoms with Gasteiger partial charge in [0.1, 0.15) is 0 Å². The van der Waals surface area contributed by atoms with Crippen LogP contribution < -0.4 is 0 Å². The maximum atomic E-state index is 12.4. The van der Waals surface area contributed by atoms with E-state index in [4.69, 9.17) is 5.11 Å². The predicted octanol–water partition coefficient (Wildman–Crippen LogP) is -0.468. The molecule has 94 valence electrons. The molecule has 0 aliphatic carbocycles. The van der Waals surface area contributed by atoms with Crippen LogP contribution in [0, 0.1) is 0 Å². The fraction of sp³-hybridized carbons (Fsp3) is 0.667. The van der Waals surface area contributed by atoms with Crippen LogP contribution >= 0.6 is 0 Å². The van der Waals surface area contributed by atoms with Crippen LogP contribution in [0.2, 0.25) is 0 Å². The lowest BCUT2D eigenvalue weighted by Gasteiger charge is -2.19. The third kappa shape index (κ3) is 4.98. The second-order valence-corrected chi connectivity index (χ2v) is 4.15. The zero-order valence-electron chi connectivity index (χ0n) is 7.68. The van der Waals surface area contributed by atoms with Gasteiger partial charge < -0.3 is 14.4 Å². The first-order valence-corrected chi connectivity index (χ1v) is 5.18.